The van der Waals surface area contributed by atoms with Crippen molar-refractivity contribution in [1.29, 1.82) is 0 Å². The maximum atomic E-state index is 12.4. The molecule has 8 heteroatoms. The lowest BCUT2D eigenvalue weighted by molar-refractivity contribution is -0.384. The van der Waals surface area contributed by atoms with Crippen molar-refractivity contribution in [3.63, 3.8) is 0 Å². The molecule has 0 fully saturated rings. The lowest BCUT2D eigenvalue weighted by Gasteiger charge is -2.18. The van der Waals surface area contributed by atoms with Crippen LogP contribution in [0, 0.1) is 10.1 Å². The largest absolute Gasteiger partial charge is 0.358 e. The Morgan fingerprint density at radius 2 is 2.20 bits per heavy atom. The molecule has 0 aliphatic heterocycles. The van der Waals surface area contributed by atoms with Crippen molar-refractivity contribution in [3.05, 3.63) is 81.0 Å². The monoisotopic (exact) mass is 406 g/mol. The zero-order chi connectivity index (χ0) is 21.1. The number of H-pyrrole nitrogens is 1. The highest BCUT2D eigenvalue weighted by molar-refractivity contribution is 5.98. The number of aryl methyl sites for hydroxylation is 1. The molecule has 0 saturated carbocycles. The van der Waals surface area contributed by atoms with Gasteiger partial charge in [0.15, 0.2) is 0 Å². The van der Waals surface area contributed by atoms with Crippen molar-refractivity contribution in [3.8, 4) is 0 Å². The predicted octanol–water partition coefficient (Wildman–Crippen LogP) is 3.27. The number of hydrogen-bond donors (Lipinski definition) is 3. The molecule has 154 valence electrons. The highest BCUT2D eigenvalue weighted by Gasteiger charge is 2.20. The van der Waals surface area contributed by atoms with E-state index < -0.39 is 4.92 Å². The van der Waals surface area contributed by atoms with Crippen LogP contribution in [0.25, 0.3) is 17.0 Å². The third-order valence-electron chi connectivity index (χ3n) is 5.22. The molecule has 2 aromatic carbocycles. The van der Waals surface area contributed by atoms with Gasteiger partial charge in [0.2, 0.25) is 0 Å². The summed E-state index contributed by atoms with van der Waals surface area (Å²) in [4.78, 5) is 31.4. The number of hydroxylamine groups is 1. The minimum absolute atomic E-state index is 0.0228. The van der Waals surface area contributed by atoms with Gasteiger partial charge in [-0.1, -0.05) is 24.3 Å². The van der Waals surface area contributed by atoms with Crippen molar-refractivity contribution < 1.29 is 14.6 Å². The second-order valence-electron chi connectivity index (χ2n) is 7.34. The molecule has 1 aromatic heterocycles. The highest BCUT2D eigenvalue weighted by atomic mass is 16.6. The molecule has 0 bridgehead atoms. The molecular formula is C22H22N4O4. The van der Waals surface area contributed by atoms with Gasteiger partial charge in [0.25, 0.3) is 11.6 Å². The Balaban J connectivity index is 1.36. The van der Waals surface area contributed by atoms with Gasteiger partial charge in [-0.15, -0.1) is 0 Å². The maximum absolute atomic E-state index is 12.4. The topological polar surface area (TPSA) is 123 Å². The van der Waals surface area contributed by atoms with E-state index in [9.17, 15) is 14.9 Å². The Morgan fingerprint density at radius 1 is 1.33 bits per heavy atom. The van der Waals surface area contributed by atoms with Gasteiger partial charge < -0.3 is 10.7 Å². The first-order valence-electron chi connectivity index (χ1n) is 9.73. The first kappa shape index (κ1) is 19.8. The third-order valence-corrected chi connectivity index (χ3v) is 5.22. The minimum Gasteiger partial charge on any atom is -0.358 e. The van der Waals surface area contributed by atoms with Crippen LogP contribution in [0.1, 0.15) is 33.6 Å². The summed E-state index contributed by atoms with van der Waals surface area (Å²) in [7, 11) is 0. The lowest BCUT2D eigenvalue weighted by Crippen LogP contribution is -2.27. The van der Waals surface area contributed by atoms with Crippen LogP contribution in [-0.2, 0) is 17.7 Å². The number of nitrogens with one attached hydrogen (secondary N) is 2. The number of nitrogens with two attached hydrogens (primary N) is 1. The van der Waals surface area contributed by atoms with Gasteiger partial charge in [-0.2, -0.15) is 0 Å². The van der Waals surface area contributed by atoms with Crippen molar-refractivity contribution in [2.24, 2.45) is 5.73 Å². The zero-order valence-corrected chi connectivity index (χ0v) is 16.3. The van der Waals surface area contributed by atoms with E-state index in [-0.39, 0.29) is 24.2 Å². The van der Waals surface area contributed by atoms with Crippen LogP contribution in [0.15, 0.2) is 48.5 Å². The Hall–Kier alpha value is -3.49. The van der Waals surface area contributed by atoms with Crippen LogP contribution >= 0.6 is 0 Å². The van der Waals surface area contributed by atoms with E-state index in [1.54, 1.807) is 30.4 Å². The highest BCUT2D eigenvalue weighted by Crippen LogP contribution is 2.29. The maximum Gasteiger partial charge on any atom is 0.274 e. The molecule has 1 aliphatic rings. The van der Waals surface area contributed by atoms with Gasteiger partial charge >= 0.3 is 0 Å². The summed E-state index contributed by atoms with van der Waals surface area (Å²) < 4.78 is 0. The molecule has 3 aromatic rings. The number of nitrogens with zero attached hydrogens (tertiary/aromatic N) is 1. The molecular weight excluding hydrogens is 384 g/mol. The van der Waals surface area contributed by atoms with Gasteiger partial charge in [0, 0.05) is 40.3 Å². The molecule has 1 atom stereocenters. The van der Waals surface area contributed by atoms with Gasteiger partial charge in [-0.3, -0.25) is 19.7 Å². The number of aromatic amines is 1. The number of nitro benzene ring substituents is 1. The number of carbonyl (C=O) groups excluding carboxylic acids is 1. The van der Waals surface area contributed by atoms with Crippen molar-refractivity contribution >= 4 is 28.6 Å². The SMILES string of the molecule is NC1CCc2[nH]c3ccc(C(=O)NOC/C=C/c4cccc([N+](=O)[O-])c4)cc3c2C1. The first-order valence-corrected chi connectivity index (χ1v) is 9.73. The summed E-state index contributed by atoms with van der Waals surface area (Å²) in [5.41, 5.74) is 13.1. The fourth-order valence-corrected chi connectivity index (χ4v) is 3.73. The van der Waals surface area contributed by atoms with Gasteiger partial charge in [0.1, 0.15) is 0 Å². The lowest BCUT2D eigenvalue weighted by atomic mass is 9.92. The Labute approximate surface area is 172 Å². The average Bonchev–Trinajstić information content (AvgIpc) is 3.10. The molecule has 1 heterocycles. The number of amides is 1. The van der Waals surface area contributed by atoms with E-state index >= 15 is 0 Å². The molecule has 1 unspecified atom stereocenters. The van der Waals surface area contributed by atoms with E-state index in [0.29, 0.717) is 11.1 Å². The number of rotatable bonds is 6. The van der Waals surface area contributed by atoms with Gasteiger partial charge in [0.05, 0.1) is 11.5 Å². The van der Waals surface area contributed by atoms with E-state index in [2.05, 4.69) is 10.5 Å². The standard InChI is InChI=1S/C22H22N4O4/c23-16-7-9-21-19(13-16)18-12-15(6-8-20(18)24-21)22(27)25-30-10-2-4-14-3-1-5-17(11-14)26(28)29/h1-6,8,11-12,16,24H,7,9-10,13,23H2,(H,25,27)/b4-2+. The fraction of sp³-hybridized carbons (Fsp3) is 0.227. The summed E-state index contributed by atoms with van der Waals surface area (Å²) in [6.45, 7) is 0.130. The van der Waals surface area contributed by atoms with Crippen molar-refractivity contribution in [2.75, 3.05) is 6.61 Å². The second kappa shape index (κ2) is 8.48. The number of aromatic nitrogens is 1. The summed E-state index contributed by atoms with van der Waals surface area (Å²) >= 11 is 0. The van der Waals surface area contributed by atoms with Crippen molar-refractivity contribution in [2.45, 2.75) is 25.3 Å². The Bertz CT molecular complexity index is 1140. The molecule has 0 spiro atoms. The molecule has 0 radical (unpaired) electrons. The third kappa shape index (κ3) is 4.24. The Morgan fingerprint density at radius 3 is 3.03 bits per heavy atom. The van der Waals surface area contributed by atoms with Crippen LogP contribution in [0.4, 0.5) is 5.69 Å². The summed E-state index contributed by atoms with van der Waals surface area (Å²) in [5, 5.41) is 11.8. The number of hydrogen-bond acceptors (Lipinski definition) is 5. The predicted molar refractivity (Wildman–Crippen MR) is 114 cm³/mol. The second-order valence-corrected chi connectivity index (χ2v) is 7.34. The van der Waals surface area contributed by atoms with E-state index in [4.69, 9.17) is 10.6 Å². The molecule has 4 rings (SSSR count). The molecule has 0 saturated heterocycles. The smallest absolute Gasteiger partial charge is 0.274 e. The number of fused-ring (bicyclic) bond motifs is 3. The van der Waals surface area contributed by atoms with Crippen LogP contribution in [0.3, 0.4) is 0 Å². The van der Waals surface area contributed by atoms with Crippen LogP contribution in [-0.4, -0.2) is 28.5 Å². The number of carbonyl (C=O) groups is 1. The zero-order valence-electron chi connectivity index (χ0n) is 16.3. The number of non-ortho nitro benzene ring substituents is 1. The fourth-order valence-electron chi connectivity index (χ4n) is 3.73. The van der Waals surface area contributed by atoms with E-state index in [0.717, 1.165) is 30.2 Å². The van der Waals surface area contributed by atoms with E-state index in [1.807, 2.05) is 12.1 Å². The van der Waals surface area contributed by atoms with Gasteiger partial charge in [-0.05, 0) is 48.6 Å². The quantitative estimate of drug-likeness (QED) is 0.329. The molecule has 1 amide bonds. The summed E-state index contributed by atoms with van der Waals surface area (Å²) in [6, 6.07) is 11.9. The van der Waals surface area contributed by atoms with Crippen molar-refractivity contribution in [1.82, 2.24) is 10.5 Å². The molecule has 4 N–H and O–H groups in total. The van der Waals surface area contributed by atoms with Crippen LogP contribution in [0.5, 0.6) is 0 Å². The molecule has 8 nitrogen and oxygen atoms in total. The van der Waals surface area contributed by atoms with Gasteiger partial charge in [-0.25, -0.2) is 5.48 Å². The summed E-state index contributed by atoms with van der Waals surface area (Å²) in [6.07, 6.45) is 6.06. The summed E-state index contributed by atoms with van der Waals surface area (Å²) in [5.74, 6) is -0.337. The van der Waals surface area contributed by atoms with Crippen LogP contribution in [0.2, 0.25) is 0 Å². The first-order chi connectivity index (χ1) is 14.5. The number of nitro groups is 1. The molecule has 1 aliphatic carbocycles. The minimum atomic E-state index is -0.444. The van der Waals surface area contributed by atoms with E-state index in [1.165, 1.54) is 23.4 Å². The average molecular weight is 406 g/mol. The normalized spacial score (nSPS) is 16.0. The Kier molecular flexibility index (Phi) is 5.60. The number of benzene rings is 2. The van der Waals surface area contributed by atoms with Crippen LogP contribution < -0.4 is 11.2 Å². The molecule has 30 heavy (non-hydrogen) atoms.